The second-order valence-corrected chi connectivity index (χ2v) is 6.11. The van der Waals surface area contributed by atoms with E-state index >= 15 is 0 Å². The van der Waals surface area contributed by atoms with Gasteiger partial charge in [-0.05, 0) is 31.5 Å². The lowest BCUT2D eigenvalue weighted by atomic mass is 10.1. The Morgan fingerprint density at radius 3 is 2.72 bits per heavy atom. The monoisotopic (exact) mass is 346 g/mol. The first-order valence-corrected chi connectivity index (χ1v) is 8.27. The second-order valence-electron chi connectivity index (χ2n) is 6.11. The molecule has 0 unspecified atom stereocenters. The maximum Gasteiger partial charge on any atom is 0.287 e. The van der Waals surface area contributed by atoms with Gasteiger partial charge >= 0.3 is 0 Å². The van der Waals surface area contributed by atoms with E-state index < -0.39 is 4.92 Å². The zero-order valence-electron chi connectivity index (χ0n) is 14.4. The standard InChI is InChI=1S/C17H22N4O4/c1-12-9-14(21(22)23)10-18-17(12)19-11-15(16-4-3-13(2)25-16)20-5-7-24-8-6-20/h3-4,9-10,15H,5-8,11H2,1-2H3,(H,18,19)/t15-/m0/s1. The van der Waals surface area contributed by atoms with Crippen molar-refractivity contribution in [1.82, 2.24) is 9.88 Å². The van der Waals surface area contributed by atoms with Gasteiger partial charge in [0.2, 0.25) is 0 Å². The number of nitrogens with zero attached hydrogens (tertiary/aromatic N) is 3. The van der Waals surface area contributed by atoms with Crippen LogP contribution in [0.25, 0.3) is 0 Å². The number of anilines is 1. The van der Waals surface area contributed by atoms with Gasteiger partial charge in [-0.2, -0.15) is 0 Å². The van der Waals surface area contributed by atoms with Crippen molar-refractivity contribution in [1.29, 1.82) is 0 Å². The van der Waals surface area contributed by atoms with Crippen molar-refractivity contribution in [3.05, 3.63) is 51.6 Å². The Kier molecular flexibility index (Phi) is 5.30. The Morgan fingerprint density at radius 1 is 1.36 bits per heavy atom. The van der Waals surface area contributed by atoms with Crippen LogP contribution in [-0.2, 0) is 4.74 Å². The third-order valence-corrected chi connectivity index (χ3v) is 4.31. The number of furan rings is 1. The Balaban J connectivity index is 1.75. The van der Waals surface area contributed by atoms with Crippen molar-refractivity contribution in [3.63, 3.8) is 0 Å². The van der Waals surface area contributed by atoms with Crippen molar-refractivity contribution in [2.24, 2.45) is 0 Å². The molecule has 134 valence electrons. The van der Waals surface area contributed by atoms with Crippen LogP contribution in [-0.4, -0.2) is 47.7 Å². The van der Waals surface area contributed by atoms with E-state index in [4.69, 9.17) is 9.15 Å². The molecule has 0 saturated carbocycles. The van der Waals surface area contributed by atoms with Crippen LogP contribution in [0.2, 0.25) is 0 Å². The van der Waals surface area contributed by atoms with Crippen LogP contribution < -0.4 is 5.32 Å². The molecule has 1 atom stereocenters. The number of hydrogen-bond acceptors (Lipinski definition) is 7. The minimum absolute atomic E-state index is 0.00515. The van der Waals surface area contributed by atoms with Crippen LogP contribution >= 0.6 is 0 Å². The number of ether oxygens (including phenoxy) is 1. The average Bonchev–Trinajstić information content (AvgIpc) is 3.03. The molecule has 25 heavy (non-hydrogen) atoms. The third-order valence-electron chi connectivity index (χ3n) is 4.31. The number of hydrogen-bond donors (Lipinski definition) is 1. The van der Waals surface area contributed by atoms with E-state index in [1.54, 1.807) is 0 Å². The van der Waals surface area contributed by atoms with Crippen LogP contribution in [0.15, 0.2) is 28.8 Å². The molecular formula is C17H22N4O4. The minimum Gasteiger partial charge on any atom is -0.465 e. The number of aryl methyl sites for hydroxylation is 2. The summed E-state index contributed by atoms with van der Waals surface area (Å²) in [4.78, 5) is 16.9. The van der Waals surface area contributed by atoms with Gasteiger partial charge in [0.05, 0.1) is 24.2 Å². The van der Waals surface area contributed by atoms with E-state index in [1.165, 1.54) is 12.3 Å². The Hall–Kier alpha value is -2.45. The highest BCUT2D eigenvalue weighted by atomic mass is 16.6. The lowest BCUT2D eigenvalue weighted by molar-refractivity contribution is -0.385. The molecule has 2 aromatic rings. The Labute approximate surface area is 145 Å². The van der Waals surface area contributed by atoms with Gasteiger partial charge in [-0.25, -0.2) is 4.98 Å². The lowest BCUT2D eigenvalue weighted by Gasteiger charge is -2.33. The molecule has 0 radical (unpaired) electrons. The highest BCUT2D eigenvalue weighted by Gasteiger charge is 2.25. The summed E-state index contributed by atoms with van der Waals surface area (Å²) >= 11 is 0. The van der Waals surface area contributed by atoms with Crippen molar-refractivity contribution in [2.45, 2.75) is 19.9 Å². The molecule has 1 aliphatic heterocycles. The fourth-order valence-corrected chi connectivity index (χ4v) is 2.97. The smallest absolute Gasteiger partial charge is 0.287 e. The van der Waals surface area contributed by atoms with E-state index in [9.17, 15) is 10.1 Å². The normalized spacial score (nSPS) is 16.6. The first-order chi connectivity index (χ1) is 12.0. The maximum atomic E-state index is 10.8. The van der Waals surface area contributed by atoms with Gasteiger partial charge in [0, 0.05) is 25.7 Å². The topological polar surface area (TPSA) is 93.7 Å². The van der Waals surface area contributed by atoms with Crippen LogP contribution in [0.4, 0.5) is 11.5 Å². The quantitative estimate of drug-likeness (QED) is 0.635. The van der Waals surface area contributed by atoms with Gasteiger partial charge in [-0.15, -0.1) is 0 Å². The van der Waals surface area contributed by atoms with E-state index in [2.05, 4.69) is 15.2 Å². The lowest BCUT2D eigenvalue weighted by Crippen LogP contribution is -2.41. The molecule has 1 fully saturated rings. The number of nitro groups is 1. The molecule has 0 aliphatic carbocycles. The van der Waals surface area contributed by atoms with Gasteiger partial charge in [0.25, 0.3) is 5.69 Å². The van der Waals surface area contributed by atoms with Gasteiger partial charge < -0.3 is 14.5 Å². The van der Waals surface area contributed by atoms with Gasteiger partial charge in [0.15, 0.2) is 0 Å². The molecule has 1 saturated heterocycles. The average molecular weight is 346 g/mol. The summed E-state index contributed by atoms with van der Waals surface area (Å²) in [5, 5.41) is 14.1. The highest BCUT2D eigenvalue weighted by molar-refractivity contribution is 5.48. The van der Waals surface area contributed by atoms with Crippen LogP contribution in [0, 0.1) is 24.0 Å². The van der Waals surface area contributed by atoms with Crippen molar-refractivity contribution in [2.75, 3.05) is 38.2 Å². The summed E-state index contributed by atoms with van der Waals surface area (Å²) in [6.45, 7) is 7.39. The Bertz CT molecular complexity index is 740. The van der Waals surface area contributed by atoms with Crippen molar-refractivity contribution in [3.8, 4) is 0 Å². The minimum atomic E-state index is -0.439. The van der Waals surface area contributed by atoms with Crippen LogP contribution in [0.5, 0.6) is 0 Å². The van der Waals surface area contributed by atoms with E-state index in [0.29, 0.717) is 25.6 Å². The molecule has 1 aliphatic rings. The first-order valence-electron chi connectivity index (χ1n) is 8.27. The zero-order chi connectivity index (χ0) is 17.8. The number of nitrogens with one attached hydrogen (secondary N) is 1. The molecule has 8 nitrogen and oxygen atoms in total. The molecule has 3 rings (SSSR count). The number of rotatable bonds is 6. The number of aromatic nitrogens is 1. The fourth-order valence-electron chi connectivity index (χ4n) is 2.97. The largest absolute Gasteiger partial charge is 0.465 e. The molecular weight excluding hydrogens is 324 g/mol. The summed E-state index contributed by atoms with van der Waals surface area (Å²) in [7, 11) is 0. The zero-order valence-corrected chi connectivity index (χ0v) is 14.4. The van der Waals surface area contributed by atoms with Crippen LogP contribution in [0.1, 0.15) is 23.1 Å². The number of pyridine rings is 1. The van der Waals surface area contributed by atoms with E-state index in [1.807, 2.05) is 26.0 Å². The first kappa shape index (κ1) is 17.4. The molecule has 1 N–H and O–H groups in total. The summed E-state index contributed by atoms with van der Waals surface area (Å²) in [6.07, 6.45) is 1.27. The molecule has 3 heterocycles. The van der Waals surface area contributed by atoms with Crippen molar-refractivity contribution < 1.29 is 14.1 Å². The maximum absolute atomic E-state index is 10.8. The molecule has 0 amide bonds. The molecule has 0 spiro atoms. The molecule has 0 bridgehead atoms. The third kappa shape index (κ3) is 4.15. The van der Waals surface area contributed by atoms with Crippen LogP contribution in [0.3, 0.4) is 0 Å². The molecule has 0 aromatic carbocycles. The summed E-state index contributed by atoms with van der Waals surface area (Å²) in [6, 6.07) is 5.52. The van der Waals surface area contributed by atoms with E-state index in [0.717, 1.165) is 30.2 Å². The predicted octanol–water partition coefficient (Wildman–Crippen LogP) is 2.69. The summed E-state index contributed by atoms with van der Waals surface area (Å²) < 4.78 is 11.3. The molecule has 8 heteroatoms. The van der Waals surface area contributed by atoms with E-state index in [-0.39, 0.29) is 11.7 Å². The second kappa shape index (κ2) is 7.62. The summed E-state index contributed by atoms with van der Waals surface area (Å²) in [5.41, 5.74) is 0.736. The SMILES string of the molecule is Cc1ccc([C@H](CNc2ncc([N+](=O)[O-])cc2C)N2CCOCC2)o1. The summed E-state index contributed by atoms with van der Waals surface area (Å²) in [5.74, 6) is 2.41. The highest BCUT2D eigenvalue weighted by Crippen LogP contribution is 2.25. The predicted molar refractivity (Wildman–Crippen MR) is 92.7 cm³/mol. The van der Waals surface area contributed by atoms with Gasteiger partial charge in [-0.1, -0.05) is 0 Å². The number of morpholine rings is 1. The Morgan fingerprint density at radius 2 is 2.12 bits per heavy atom. The van der Waals surface area contributed by atoms with Gasteiger partial charge in [-0.3, -0.25) is 15.0 Å². The van der Waals surface area contributed by atoms with Crippen molar-refractivity contribution >= 4 is 11.5 Å². The van der Waals surface area contributed by atoms with Gasteiger partial charge in [0.1, 0.15) is 23.5 Å². The molecule has 2 aromatic heterocycles. The fraction of sp³-hybridized carbons (Fsp3) is 0.471.